The van der Waals surface area contributed by atoms with Crippen molar-refractivity contribution in [3.63, 3.8) is 0 Å². The summed E-state index contributed by atoms with van der Waals surface area (Å²) in [4.78, 5) is 14.2. The van der Waals surface area contributed by atoms with Gasteiger partial charge in [0.15, 0.2) is 5.75 Å². The number of nitrogens with zero attached hydrogens (tertiary/aromatic N) is 2. The molecule has 0 bridgehead atoms. The summed E-state index contributed by atoms with van der Waals surface area (Å²) < 4.78 is 6.77. The van der Waals surface area contributed by atoms with E-state index < -0.39 is 4.92 Å². The molecule has 0 saturated carbocycles. The lowest BCUT2D eigenvalue weighted by atomic mass is 10.3. The highest BCUT2D eigenvalue weighted by Gasteiger charge is 2.13. The highest BCUT2D eigenvalue weighted by atomic mass is 79.9. The van der Waals surface area contributed by atoms with Crippen LogP contribution in [-0.2, 0) is 0 Å². The third-order valence-corrected chi connectivity index (χ3v) is 3.27. The van der Waals surface area contributed by atoms with Gasteiger partial charge in [0.1, 0.15) is 0 Å². The number of ether oxygens (including phenoxy) is 1. The van der Waals surface area contributed by atoms with Crippen LogP contribution in [-0.4, -0.2) is 9.91 Å². The lowest BCUT2D eigenvalue weighted by Gasteiger charge is -2.08. The Balaban J connectivity index is 2.37. The number of hydrogen-bond acceptors (Lipinski definition) is 5. The van der Waals surface area contributed by atoms with Crippen LogP contribution in [0.3, 0.4) is 0 Å². The number of halogens is 2. The van der Waals surface area contributed by atoms with Crippen LogP contribution in [0.5, 0.6) is 11.6 Å². The number of rotatable bonds is 3. The molecule has 8 heteroatoms. The topological polar surface area (TPSA) is 91.3 Å². The Labute approximate surface area is 125 Å². The number of pyridine rings is 1. The van der Waals surface area contributed by atoms with E-state index in [-0.39, 0.29) is 17.3 Å². The zero-order chi connectivity index (χ0) is 14.0. The maximum Gasteiger partial charge on any atom is 0.273 e. The zero-order valence-corrected chi connectivity index (χ0v) is 12.5. The number of nitrogens with two attached hydrogens (primary N) is 1. The van der Waals surface area contributed by atoms with Gasteiger partial charge >= 0.3 is 0 Å². The van der Waals surface area contributed by atoms with Gasteiger partial charge in [-0.15, -0.1) is 0 Å². The molecule has 0 amide bonds. The normalized spacial score (nSPS) is 10.2. The average molecular weight is 389 g/mol. The van der Waals surface area contributed by atoms with Crippen LogP contribution in [0.25, 0.3) is 0 Å². The molecule has 1 heterocycles. The van der Waals surface area contributed by atoms with Crippen molar-refractivity contribution in [3.05, 3.63) is 49.5 Å². The Kier molecular flexibility index (Phi) is 4.01. The first-order chi connectivity index (χ1) is 8.97. The van der Waals surface area contributed by atoms with Gasteiger partial charge in [-0.2, -0.15) is 0 Å². The van der Waals surface area contributed by atoms with Crippen molar-refractivity contribution < 1.29 is 9.66 Å². The second kappa shape index (κ2) is 5.54. The fourth-order valence-electron chi connectivity index (χ4n) is 1.32. The minimum Gasteiger partial charge on any atom is -0.436 e. The number of nitrogen functional groups attached to an aromatic ring is 1. The number of benzene rings is 1. The van der Waals surface area contributed by atoms with E-state index in [9.17, 15) is 10.1 Å². The Morgan fingerprint density at radius 3 is 2.68 bits per heavy atom. The lowest BCUT2D eigenvalue weighted by molar-refractivity contribution is -0.384. The summed E-state index contributed by atoms with van der Waals surface area (Å²) in [5.41, 5.74) is 6.00. The van der Waals surface area contributed by atoms with Gasteiger partial charge in [-0.1, -0.05) is 0 Å². The Hall–Kier alpha value is -1.67. The Bertz CT molecular complexity index is 649. The summed E-state index contributed by atoms with van der Waals surface area (Å²) in [5, 5.41) is 10.7. The highest BCUT2D eigenvalue weighted by Crippen LogP contribution is 2.34. The third-order valence-electron chi connectivity index (χ3n) is 2.18. The first-order valence-corrected chi connectivity index (χ1v) is 6.59. The number of nitro benzene ring substituents is 1. The van der Waals surface area contributed by atoms with Crippen molar-refractivity contribution in [1.29, 1.82) is 0 Å². The second-order valence-corrected chi connectivity index (χ2v) is 5.29. The second-order valence-electron chi connectivity index (χ2n) is 3.52. The van der Waals surface area contributed by atoms with Gasteiger partial charge in [-0.05, 0) is 44.0 Å². The minimum atomic E-state index is -0.502. The summed E-state index contributed by atoms with van der Waals surface area (Å²) >= 11 is 6.48. The molecule has 2 aromatic rings. The van der Waals surface area contributed by atoms with E-state index in [0.29, 0.717) is 10.2 Å². The summed E-state index contributed by atoms with van der Waals surface area (Å²) in [6.07, 6.45) is 1.52. The molecule has 0 spiro atoms. The van der Waals surface area contributed by atoms with Crippen molar-refractivity contribution in [2.75, 3.05) is 5.73 Å². The van der Waals surface area contributed by atoms with Crippen molar-refractivity contribution in [2.24, 2.45) is 0 Å². The summed E-state index contributed by atoms with van der Waals surface area (Å²) in [6, 6.07) is 5.83. The van der Waals surface area contributed by atoms with Gasteiger partial charge in [-0.25, -0.2) is 4.98 Å². The van der Waals surface area contributed by atoms with Gasteiger partial charge in [0, 0.05) is 16.7 Å². The number of nitro groups is 1. The first kappa shape index (κ1) is 13.8. The van der Waals surface area contributed by atoms with Crippen molar-refractivity contribution in [2.45, 2.75) is 0 Å². The number of non-ortho nitro benzene ring substituents is 1. The van der Waals surface area contributed by atoms with E-state index in [2.05, 4.69) is 36.8 Å². The molecule has 1 aromatic heterocycles. The molecule has 19 heavy (non-hydrogen) atoms. The van der Waals surface area contributed by atoms with E-state index in [0.717, 1.165) is 4.47 Å². The summed E-state index contributed by atoms with van der Waals surface area (Å²) in [7, 11) is 0. The maximum atomic E-state index is 10.7. The van der Waals surface area contributed by atoms with E-state index in [1.807, 2.05) is 0 Å². The molecule has 6 nitrogen and oxygen atoms in total. The fraction of sp³-hybridized carbons (Fsp3) is 0. The first-order valence-electron chi connectivity index (χ1n) is 5.00. The van der Waals surface area contributed by atoms with Crippen molar-refractivity contribution in [1.82, 2.24) is 4.98 Å². The zero-order valence-electron chi connectivity index (χ0n) is 9.34. The van der Waals surface area contributed by atoms with E-state index in [1.165, 1.54) is 24.4 Å². The van der Waals surface area contributed by atoms with E-state index >= 15 is 0 Å². The lowest BCUT2D eigenvalue weighted by Crippen LogP contribution is -1.96. The largest absolute Gasteiger partial charge is 0.436 e. The SMILES string of the molecule is Nc1cc(Br)cnc1Oc1cc([N+](=O)[O-])ccc1Br. The molecular formula is C11H7Br2N3O3. The average Bonchev–Trinajstić information content (AvgIpc) is 2.34. The molecule has 0 aliphatic rings. The molecular weight excluding hydrogens is 382 g/mol. The smallest absolute Gasteiger partial charge is 0.273 e. The van der Waals surface area contributed by atoms with Crippen LogP contribution in [0.4, 0.5) is 11.4 Å². The molecule has 1 aromatic carbocycles. The predicted octanol–water partition coefficient (Wildman–Crippen LogP) is 3.89. The van der Waals surface area contributed by atoms with Crippen LogP contribution in [0, 0.1) is 10.1 Å². The maximum absolute atomic E-state index is 10.7. The van der Waals surface area contributed by atoms with Gasteiger partial charge in [-0.3, -0.25) is 10.1 Å². The molecule has 0 aliphatic heterocycles. The van der Waals surface area contributed by atoms with E-state index in [4.69, 9.17) is 10.5 Å². The Morgan fingerprint density at radius 2 is 2.05 bits per heavy atom. The van der Waals surface area contributed by atoms with E-state index in [1.54, 1.807) is 6.07 Å². The number of aromatic nitrogens is 1. The molecule has 2 N–H and O–H groups in total. The van der Waals surface area contributed by atoms with Crippen LogP contribution in [0.1, 0.15) is 0 Å². The van der Waals surface area contributed by atoms with Crippen LogP contribution in [0.15, 0.2) is 39.4 Å². The quantitative estimate of drug-likeness (QED) is 0.636. The molecule has 2 rings (SSSR count). The molecule has 0 aliphatic carbocycles. The number of hydrogen-bond donors (Lipinski definition) is 1. The molecule has 98 valence electrons. The van der Waals surface area contributed by atoms with Gasteiger partial charge in [0.2, 0.25) is 5.88 Å². The summed E-state index contributed by atoms with van der Waals surface area (Å²) in [6.45, 7) is 0. The monoisotopic (exact) mass is 387 g/mol. The number of anilines is 1. The van der Waals surface area contributed by atoms with Gasteiger partial charge < -0.3 is 10.5 Å². The molecule has 0 atom stereocenters. The van der Waals surface area contributed by atoms with Gasteiger partial charge in [0.25, 0.3) is 5.69 Å². The molecule has 0 radical (unpaired) electrons. The van der Waals surface area contributed by atoms with Crippen LogP contribution < -0.4 is 10.5 Å². The predicted molar refractivity (Wildman–Crippen MR) is 77.2 cm³/mol. The van der Waals surface area contributed by atoms with Crippen molar-refractivity contribution in [3.8, 4) is 11.6 Å². The highest BCUT2D eigenvalue weighted by molar-refractivity contribution is 9.10. The molecule has 0 fully saturated rings. The standard InChI is InChI=1S/C11H7Br2N3O3/c12-6-3-9(14)11(15-5-6)19-10-4-7(16(17)18)1-2-8(10)13/h1-5H,14H2. The minimum absolute atomic E-state index is 0.0751. The van der Waals surface area contributed by atoms with Crippen LogP contribution >= 0.6 is 31.9 Å². The van der Waals surface area contributed by atoms with Gasteiger partial charge in [0.05, 0.1) is 21.1 Å². The van der Waals surface area contributed by atoms with Crippen LogP contribution in [0.2, 0.25) is 0 Å². The Morgan fingerprint density at radius 1 is 1.32 bits per heavy atom. The molecule has 0 unspecified atom stereocenters. The fourth-order valence-corrected chi connectivity index (χ4v) is 1.99. The third kappa shape index (κ3) is 3.21. The molecule has 0 saturated heterocycles. The summed E-state index contributed by atoms with van der Waals surface area (Å²) in [5.74, 6) is 0.458. The van der Waals surface area contributed by atoms with Crippen molar-refractivity contribution >= 4 is 43.2 Å².